The van der Waals surface area contributed by atoms with Gasteiger partial charge in [0.1, 0.15) is 24.0 Å². The number of benzene rings is 1. The van der Waals surface area contributed by atoms with Crippen molar-refractivity contribution >= 4 is 21.7 Å². The van der Waals surface area contributed by atoms with E-state index >= 15 is 0 Å². The summed E-state index contributed by atoms with van der Waals surface area (Å²) in [5, 5.41) is 0. The lowest BCUT2D eigenvalue weighted by Gasteiger charge is -2.08. The first-order chi connectivity index (χ1) is 8.54. The number of hydrogen-bond donors (Lipinski definition) is 1. The Morgan fingerprint density at radius 1 is 1.33 bits per heavy atom. The van der Waals surface area contributed by atoms with Gasteiger partial charge in [0.05, 0.1) is 4.47 Å². The number of nitrogens with two attached hydrogens (primary N) is 1. The normalized spacial score (nSPS) is 10.4. The smallest absolute Gasteiger partial charge is 0.168 e. The van der Waals surface area contributed by atoms with Gasteiger partial charge in [-0.25, -0.2) is 14.4 Å². The van der Waals surface area contributed by atoms with E-state index in [4.69, 9.17) is 10.5 Å². The number of aryl methyl sites for hydroxylation is 1. The fourth-order valence-electron chi connectivity index (χ4n) is 1.46. The van der Waals surface area contributed by atoms with Crippen LogP contribution in [0.3, 0.4) is 0 Å². The highest BCUT2D eigenvalue weighted by molar-refractivity contribution is 9.10. The van der Waals surface area contributed by atoms with Crippen LogP contribution in [0.2, 0.25) is 0 Å². The third-order valence-electron chi connectivity index (χ3n) is 2.17. The number of nitrogen functional groups attached to an aromatic ring is 1. The summed E-state index contributed by atoms with van der Waals surface area (Å²) in [5.41, 5.74) is 6.39. The molecule has 1 aromatic carbocycles. The standard InChI is InChI=1S/C12H11BrFN3O/c1-7-4-11(15)17-12(16-7)6-18-10-3-2-8(14)5-9(10)13/h2-5H,6H2,1H3,(H2,15,16,17). The van der Waals surface area contributed by atoms with Gasteiger partial charge in [0, 0.05) is 11.8 Å². The van der Waals surface area contributed by atoms with Gasteiger partial charge in [-0.15, -0.1) is 0 Å². The van der Waals surface area contributed by atoms with Crippen molar-refractivity contribution in [3.05, 3.63) is 46.1 Å². The molecule has 4 nitrogen and oxygen atoms in total. The molecule has 0 saturated carbocycles. The van der Waals surface area contributed by atoms with E-state index in [1.54, 1.807) is 12.1 Å². The Morgan fingerprint density at radius 2 is 2.11 bits per heavy atom. The third-order valence-corrected chi connectivity index (χ3v) is 2.79. The maximum atomic E-state index is 12.9. The number of aromatic nitrogens is 2. The summed E-state index contributed by atoms with van der Waals surface area (Å²) in [7, 11) is 0. The molecule has 0 fully saturated rings. The molecule has 1 heterocycles. The Hall–Kier alpha value is -1.69. The van der Waals surface area contributed by atoms with E-state index in [0.717, 1.165) is 5.69 Å². The van der Waals surface area contributed by atoms with Gasteiger partial charge in [-0.2, -0.15) is 0 Å². The van der Waals surface area contributed by atoms with Crippen LogP contribution in [-0.2, 0) is 6.61 Å². The molecular formula is C12H11BrFN3O. The van der Waals surface area contributed by atoms with Gasteiger partial charge in [0.25, 0.3) is 0 Å². The number of anilines is 1. The molecule has 0 spiro atoms. The van der Waals surface area contributed by atoms with Crippen LogP contribution in [0.15, 0.2) is 28.7 Å². The maximum Gasteiger partial charge on any atom is 0.168 e. The average Bonchev–Trinajstić information content (AvgIpc) is 2.26. The molecular weight excluding hydrogens is 301 g/mol. The summed E-state index contributed by atoms with van der Waals surface area (Å²) in [6.07, 6.45) is 0. The highest BCUT2D eigenvalue weighted by Crippen LogP contribution is 2.26. The second kappa shape index (κ2) is 5.30. The lowest BCUT2D eigenvalue weighted by molar-refractivity contribution is 0.293. The van der Waals surface area contributed by atoms with E-state index in [1.807, 2.05) is 6.92 Å². The Balaban J connectivity index is 2.11. The van der Waals surface area contributed by atoms with Crippen LogP contribution in [0, 0.1) is 12.7 Å². The summed E-state index contributed by atoms with van der Waals surface area (Å²) in [6, 6.07) is 5.88. The van der Waals surface area contributed by atoms with Crippen molar-refractivity contribution in [1.82, 2.24) is 9.97 Å². The molecule has 6 heteroatoms. The van der Waals surface area contributed by atoms with E-state index in [1.165, 1.54) is 12.1 Å². The van der Waals surface area contributed by atoms with Gasteiger partial charge in [0.15, 0.2) is 5.82 Å². The fourth-order valence-corrected chi connectivity index (χ4v) is 1.92. The minimum absolute atomic E-state index is 0.177. The van der Waals surface area contributed by atoms with Crippen molar-refractivity contribution < 1.29 is 9.13 Å². The molecule has 1 aromatic heterocycles. The van der Waals surface area contributed by atoms with E-state index in [2.05, 4.69) is 25.9 Å². The van der Waals surface area contributed by atoms with Gasteiger partial charge in [-0.3, -0.25) is 0 Å². The lowest BCUT2D eigenvalue weighted by Crippen LogP contribution is -2.05. The zero-order valence-electron chi connectivity index (χ0n) is 9.65. The minimum Gasteiger partial charge on any atom is -0.484 e. The molecule has 18 heavy (non-hydrogen) atoms. The molecule has 0 radical (unpaired) electrons. The quantitative estimate of drug-likeness (QED) is 0.947. The van der Waals surface area contributed by atoms with Crippen molar-refractivity contribution in [2.45, 2.75) is 13.5 Å². The van der Waals surface area contributed by atoms with Crippen LogP contribution in [0.1, 0.15) is 11.5 Å². The fraction of sp³-hybridized carbons (Fsp3) is 0.167. The summed E-state index contributed by atoms with van der Waals surface area (Å²) in [6.45, 7) is 2.01. The average molecular weight is 312 g/mol. The largest absolute Gasteiger partial charge is 0.484 e. The van der Waals surface area contributed by atoms with Gasteiger partial charge < -0.3 is 10.5 Å². The van der Waals surface area contributed by atoms with Crippen LogP contribution in [0.5, 0.6) is 5.75 Å². The van der Waals surface area contributed by atoms with Crippen LogP contribution in [-0.4, -0.2) is 9.97 Å². The van der Waals surface area contributed by atoms with Gasteiger partial charge >= 0.3 is 0 Å². The van der Waals surface area contributed by atoms with Crippen molar-refractivity contribution in [1.29, 1.82) is 0 Å². The van der Waals surface area contributed by atoms with Crippen LogP contribution in [0.4, 0.5) is 10.2 Å². The van der Waals surface area contributed by atoms with Crippen molar-refractivity contribution in [2.75, 3.05) is 5.73 Å². The molecule has 0 aliphatic heterocycles. The second-order valence-corrected chi connectivity index (χ2v) is 4.57. The second-order valence-electron chi connectivity index (χ2n) is 3.71. The van der Waals surface area contributed by atoms with Crippen molar-refractivity contribution in [3.63, 3.8) is 0 Å². The monoisotopic (exact) mass is 311 g/mol. The van der Waals surface area contributed by atoms with Crippen LogP contribution < -0.4 is 10.5 Å². The predicted molar refractivity (Wildman–Crippen MR) is 69.6 cm³/mol. The molecule has 94 valence electrons. The number of rotatable bonds is 3. The number of ether oxygens (including phenoxy) is 1. The first-order valence-electron chi connectivity index (χ1n) is 5.22. The van der Waals surface area contributed by atoms with E-state index < -0.39 is 0 Å². The van der Waals surface area contributed by atoms with Crippen LogP contribution in [0.25, 0.3) is 0 Å². The Labute approximate surface area is 112 Å². The molecule has 0 aliphatic carbocycles. The molecule has 2 rings (SSSR count). The molecule has 2 N–H and O–H groups in total. The molecule has 0 saturated heterocycles. The van der Waals surface area contributed by atoms with Gasteiger partial charge in [0.2, 0.25) is 0 Å². The van der Waals surface area contributed by atoms with E-state index in [0.29, 0.717) is 21.9 Å². The molecule has 2 aromatic rings. The predicted octanol–water partition coefficient (Wildman–Crippen LogP) is 2.85. The SMILES string of the molecule is Cc1cc(N)nc(COc2ccc(F)cc2Br)n1. The lowest BCUT2D eigenvalue weighted by atomic mass is 10.3. The summed E-state index contributed by atoms with van der Waals surface area (Å²) in [4.78, 5) is 8.24. The highest BCUT2D eigenvalue weighted by atomic mass is 79.9. The van der Waals surface area contributed by atoms with E-state index in [9.17, 15) is 4.39 Å². The summed E-state index contributed by atoms with van der Waals surface area (Å²) >= 11 is 3.22. The molecule has 0 unspecified atom stereocenters. The molecule has 0 bridgehead atoms. The maximum absolute atomic E-state index is 12.9. The first-order valence-corrected chi connectivity index (χ1v) is 6.02. The Kier molecular flexibility index (Phi) is 3.76. The topological polar surface area (TPSA) is 61.0 Å². The summed E-state index contributed by atoms with van der Waals surface area (Å²) in [5.74, 6) is 1.09. The Morgan fingerprint density at radius 3 is 2.78 bits per heavy atom. The van der Waals surface area contributed by atoms with Crippen molar-refractivity contribution in [3.8, 4) is 5.75 Å². The third kappa shape index (κ3) is 3.16. The Bertz CT molecular complexity index is 557. The summed E-state index contributed by atoms with van der Waals surface area (Å²) < 4.78 is 18.9. The number of hydrogen-bond acceptors (Lipinski definition) is 4. The highest BCUT2D eigenvalue weighted by Gasteiger charge is 2.05. The minimum atomic E-state index is -0.328. The van der Waals surface area contributed by atoms with Crippen LogP contribution >= 0.6 is 15.9 Å². The molecule has 0 amide bonds. The molecule has 0 aliphatic rings. The zero-order valence-corrected chi connectivity index (χ0v) is 11.2. The number of nitrogens with zero attached hydrogens (tertiary/aromatic N) is 2. The van der Waals surface area contributed by atoms with Crippen molar-refractivity contribution in [2.24, 2.45) is 0 Å². The van der Waals surface area contributed by atoms with Gasteiger partial charge in [-0.1, -0.05) is 0 Å². The first kappa shape index (κ1) is 12.8. The van der Waals surface area contributed by atoms with E-state index in [-0.39, 0.29) is 12.4 Å². The van der Waals surface area contributed by atoms with Gasteiger partial charge in [-0.05, 0) is 41.1 Å². The number of halogens is 2. The molecule has 0 atom stereocenters. The zero-order chi connectivity index (χ0) is 13.1.